The topological polar surface area (TPSA) is 73.0 Å². The summed E-state index contributed by atoms with van der Waals surface area (Å²) in [5.74, 6) is -0.397. The molecule has 0 bridgehead atoms. The van der Waals surface area contributed by atoms with Gasteiger partial charge in [-0.2, -0.15) is 4.68 Å². The first-order valence-electron chi connectivity index (χ1n) is 4.87. The van der Waals surface area contributed by atoms with E-state index in [1.807, 2.05) is 0 Å². The van der Waals surface area contributed by atoms with Gasteiger partial charge < -0.3 is 0 Å². The van der Waals surface area contributed by atoms with Crippen LogP contribution < -0.4 is 5.69 Å². The van der Waals surface area contributed by atoms with E-state index in [2.05, 4.69) is 10.4 Å². The Hall–Kier alpha value is -1.76. The molecule has 16 heavy (non-hydrogen) atoms. The van der Waals surface area contributed by atoms with Gasteiger partial charge in [-0.05, 0) is 38.4 Å². The molecule has 1 unspecified atom stereocenters. The summed E-state index contributed by atoms with van der Waals surface area (Å²) in [7, 11) is 3.51. The Balaban J connectivity index is 3.07. The number of nitrogens with zero attached hydrogens (tertiary/aromatic N) is 5. The zero-order valence-electron chi connectivity index (χ0n) is 9.78. The molecular formula is C9H15N5O2. The first-order valence-corrected chi connectivity index (χ1v) is 4.87. The molecule has 0 fully saturated rings. The van der Waals surface area contributed by atoms with Crippen LogP contribution in [-0.4, -0.2) is 50.7 Å². The van der Waals surface area contributed by atoms with Crippen LogP contribution in [0.25, 0.3) is 6.20 Å². The second-order valence-electron chi connectivity index (χ2n) is 3.58. The molecule has 0 amide bonds. The van der Waals surface area contributed by atoms with Gasteiger partial charge in [0.15, 0.2) is 0 Å². The SMILES string of the molecule is C/C=C/n1nnn(C(=O)C(C)N(C)C)c1=O. The van der Waals surface area contributed by atoms with E-state index in [0.29, 0.717) is 0 Å². The molecule has 0 aromatic carbocycles. The third-order valence-electron chi connectivity index (χ3n) is 2.23. The second-order valence-corrected chi connectivity index (χ2v) is 3.58. The summed E-state index contributed by atoms with van der Waals surface area (Å²) >= 11 is 0. The van der Waals surface area contributed by atoms with E-state index in [1.54, 1.807) is 38.9 Å². The lowest BCUT2D eigenvalue weighted by Gasteiger charge is -2.16. The fraction of sp³-hybridized carbons (Fsp3) is 0.556. The lowest BCUT2D eigenvalue weighted by atomic mass is 10.3. The van der Waals surface area contributed by atoms with Crippen LogP contribution in [0.4, 0.5) is 0 Å². The molecule has 7 heteroatoms. The zero-order valence-corrected chi connectivity index (χ0v) is 9.78. The van der Waals surface area contributed by atoms with Crippen LogP contribution >= 0.6 is 0 Å². The number of carbonyl (C=O) groups is 1. The molecular weight excluding hydrogens is 210 g/mol. The highest BCUT2D eigenvalue weighted by Gasteiger charge is 2.21. The first kappa shape index (κ1) is 12.3. The van der Waals surface area contributed by atoms with E-state index in [4.69, 9.17) is 0 Å². The third kappa shape index (κ3) is 2.25. The van der Waals surface area contributed by atoms with E-state index in [0.717, 1.165) is 9.36 Å². The van der Waals surface area contributed by atoms with Crippen molar-refractivity contribution in [2.75, 3.05) is 14.1 Å². The highest BCUT2D eigenvalue weighted by molar-refractivity contribution is 5.82. The van der Waals surface area contributed by atoms with Crippen molar-refractivity contribution in [1.29, 1.82) is 0 Å². The van der Waals surface area contributed by atoms with Crippen molar-refractivity contribution in [2.45, 2.75) is 19.9 Å². The van der Waals surface area contributed by atoms with Gasteiger partial charge >= 0.3 is 5.69 Å². The molecule has 1 heterocycles. The van der Waals surface area contributed by atoms with Gasteiger partial charge in [0.1, 0.15) is 0 Å². The number of hydrogen-bond acceptors (Lipinski definition) is 5. The van der Waals surface area contributed by atoms with E-state index in [9.17, 15) is 9.59 Å². The van der Waals surface area contributed by atoms with Gasteiger partial charge in [-0.15, -0.1) is 4.68 Å². The lowest BCUT2D eigenvalue weighted by molar-refractivity contribution is 0.0779. The van der Waals surface area contributed by atoms with Crippen LogP contribution in [0, 0.1) is 0 Å². The van der Waals surface area contributed by atoms with Gasteiger partial charge in [0, 0.05) is 6.20 Å². The molecule has 1 atom stereocenters. The van der Waals surface area contributed by atoms with Gasteiger partial charge in [0.25, 0.3) is 5.91 Å². The molecule has 0 aliphatic carbocycles. The smallest absolute Gasteiger partial charge is 0.298 e. The van der Waals surface area contributed by atoms with Crippen molar-refractivity contribution in [3.05, 3.63) is 16.6 Å². The van der Waals surface area contributed by atoms with E-state index in [1.165, 1.54) is 6.20 Å². The van der Waals surface area contributed by atoms with Gasteiger partial charge in [0.2, 0.25) is 0 Å². The summed E-state index contributed by atoms with van der Waals surface area (Å²) in [4.78, 5) is 25.1. The number of hydrogen-bond donors (Lipinski definition) is 0. The van der Waals surface area contributed by atoms with Gasteiger partial charge in [-0.1, -0.05) is 6.08 Å². The molecule has 1 aromatic rings. The minimum atomic E-state index is -0.559. The molecule has 88 valence electrons. The van der Waals surface area contributed by atoms with Gasteiger partial charge in [-0.3, -0.25) is 9.69 Å². The molecule has 0 radical (unpaired) electrons. The Labute approximate surface area is 92.9 Å². The van der Waals surface area contributed by atoms with Crippen molar-refractivity contribution in [1.82, 2.24) is 24.7 Å². The maximum atomic E-state index is 11.8. The summed E-state index contributed by atoms with van der Waals surface area (Å²) in [6.45, 7) is 3.44. The molecule has 1 aromatic heterocycles. The zero-order chi connectivity index (χ0) is 12.3. The molecule has 0 saturated heterocycles. The molecule has 0 aliphatic heterocycles. The van der Waals surface area contributed by atoms with E-state index >= 15 is 0 Å². The molecule has 1 rings (SSSR count). The molecule has 0 spiro atoms. The fourth-order valence-corrected chi connectivity index (χ4v) is 1.03. The van der Waals surface area contributed by atoms with E-state index in [-0.39, 0.29) is 0 Å². The fourth-order valence-electron chi connectivity index (χ4n) is 1.03. The van der Waals surface area contributed by atoms with Crippen LogP contribution in [-0.2, 0) is 0 Å². The highest BCUT2D eigenvalue weighted by Crippen LogP contribution is 1.93. The average molecular weight is 225 g/mol. The number of rotatable bonds is 3. The molecule has 7 nitrogen and oxygen atoms in total. The van der Waals surface area contributed by atoms with Gasteiger partial charge in [0.05, 0.1) is 6.04 Å². The van der Waals surface area contributed by atoms with Crippen LogP contribution in [0.3, 0.4) is 0 Å². The summed E-state index contributed by atoms with van der Waals surface area (Å²) in [6, 6.07) is -0.423. The maximum Gasteiger partial charge on any atom is 0.375 e. The Morgan fingerprint density at radius 3 is 2.56 bits per heavy atom. The van der Waals surface area contributed by atoms with Crippen molar-refractivity contribution in [2.24, 2.45) is 0 Å². The van der Waals surface area contributed by atoms with Crippen LogP contribution in [0.2, 0.25) is 0 Å². The van der Waals surface area contributed by atoms with Crippen molar-refractivity contribution in [3.8, 4) is 0 Å². The Bertz CT molecular complexity index is 457. The van der Waals surface area contributed by atoms with Crippen LogP contribution in [0.15, 0.2) is 10.9 Å². The van der Waals surface area contributed by atoms with Crippen molar-refractivity contribution < 1.29 is 4.79 Å². The number of carbonyl (C=O) groups excluding carboxylic acids is 1. The van der Waals surface area contributed by atoms with Gasteiger partial charge in [-0.25, -0.2) is 4.79 Å². The predicted molar refractivity (Wildman–Crippen MR) is 59.1 cm³/mol. The monoisotopic (exact) mass is 225 g/mol. The first-order chi connectivity index (χ1) is 7.49. The van der Waals surface area contributed by atoms with E-state index < -0.39 is 17.6 Å². The average Bonchev–Trinajstić information content (AvgIpc) is 2.59. The second kappa shape index (κ2) is 4.84. The molecule has 0 N–H and O–H groups in total. The minimum absolute atomic E-state index is 0.397. The summed E-state index contributed by atoms with van der Waals surface area (Å²) < 4.78 is 1.78. The van der Waals surface area contributed by atoms with Crippen LogP contribution in [0.5, 0.6) is 0 Å². The lowest BCUT2D eigenvalue weighted by Crippen LogP contribution is -2.41. The standard InChI is InChI=1S/C9H15N5O2/c1-5-6-13-9(16)14(11-10-13)8(15)7(2)12(3)4/h5-7H,1-4H3/b6-5+. The predicted octanol–water partition coefficient (Wildman–Crippen LogP) is -0.479. The van der Waals surface area contributed by atoms with Crippen LogP contribution in [0.1, 0.15) is 18.6 Å². The number of tetrazole rings is 1. The Kier molecular flexibility index (Phi) is 3.73. The molecule has 0 aliphatic rings. The number of allylic oxidation sites excluding steroid dienone is 1. The van der Waals surface area contributed by atoms with Crippen molar-refractivity contribution in [3.63, 3.8) is 0 Å². The normalized spacial score (nSPS) is 13.6. The third-order valence-corrected chi connectivity index (χ3v) is 2.23. The van der Waals surface area contributed by atoms with Crippen molar-refractivity contribution >= 4 is 12.1 Å². The molecule has 0 saturated carbocycles. The summed E-state index contributed by atoms with van der Waals surface area (Å²) in [5.41, 5.74) is -0.559. The Morgan fingerprint density at radius 2 is 2.06 bits per heavy atom. The quantitative estimate of drug-likeness (QED) is 0.650. The summed E-state index contributed by atoms with van der Waals surface area (Å²) in [6.07, 6.45) is 3.08. The maximum absolute atomic E-state index is 11.8. The largest absolute Gasteiger partial charge is 0.375 e. The highest BCUT2D eigenvalue weighted by atomic mass is 16.2. The Morgan fingerprint density at radius 1 is 1.44 bits per heavy atom. The minimum Gasteiger partial charge on any atom is -0.298 e. The number of likely N-dealkylation sites (N-methyl/N-ethyl adjacent to an activating group) is 1. The number of aromatic nitrogens is 4. The summed E-state index contributed by atoms with van der Waals surface area (Å²) in [5, 5.41) is 7.09.